The summed E-state index contributed by atoms with van der Waals surface area (Å²) in [6, 6.07) is 6.17. The van der Waals surface area contributed by atoms with E-state index >= 15 is 0 Å². The number of aromatic amines is 1. The summed E-state index contributed by atoms with van der Waals surface area (Å²) in [4.78, 5) is 16.8. The number of rotatable bonds is 5. The van der Waals surface area contributed by atoms with E-state index in [2.05, 4.69) is 15.5 Å². The van der Waals surface area contributed by atoms with Gasteiger partial charge in [0, 0.05) is 5.41 Å². The number of hydrogen-bond acceptors (Lipinski definition) is 4. The summed E-state index contributed by atoms with van der Waals surface area (Å²) >= 11 is 1.29. The summed E-state index contributed by atoms with van der Waals surface area (Å²) in [5.74, 6) is 3.03. The van der Waals surface area contributed by atoms with Gasteiger partial charge in [0.05, 0.1) is 11.4 Å². The lowest BCUT2D eigenvalue weighted by Crippen LogP contribution is -2.49. The lowest BCUT2D eigenvalue weighted by Gasteiger charge is -2.55. The number of nitrogens with one attached hydrogen (secondary N) is 2. The number of aromatic nitrogens is 3. The van der Waals surface area contributed by atoms with E-state index in [-0.39, 0.29) is 22.8 Å². The van der Waals surface area contributed by atoms with E-state index in [1.165, 1.54) is 56.4 Å². The minimum absolute atomic E-state index is 0.159. The molecular formula is C20H23FN4OS. The number of anilines is 1. The van der Waals surface area contributed by atoms with Crippen LogP contribution in [0.4, 0.5) is 10.1 Å². The highest BCUT2D eigenvalue weighted by Gasteiger charge is 2.53. The summed E-state index contributed by atoms with van der Waals surface area (Å²) in [5, 5.41) is 10.7. The maximum Gasteiger partial charge on any atom is 0.234 e. The van der Waals surface area contributed by atoms with E-state index in [1.54, 1.807) is 18.2 Å². The second-order valence-electron chi connectivity index (χ2n) is 8.48. The quantitative estimate of drug-likeness (QED) is 0.758. The van der Waals surface area contributed by atoms with Crippen LogP contribution in [0.1, 0.15) is 44.3 Å². The molecule has 0 saturated heterocycles. The van der Waals surface area contributed by atoms with Crippen molar-refractivity contribution in [2.45, 2.75) is 49.1 Å². The Morgan fingerprint density at radius 2 is 1.85 bits per heavy atom. The van der Waals surface area contributed by atoms with Crippen LogP contribution in [0.5, 0.6) is 0 Å². The SMILES string of the molecule is O=C(CSc1n[nH]c(C23CC4CC(CC(C4)C2)C3)n1)Nc1ccccc1F. The summed E-state index contributed by atoms with van der Waals surface area (Å²) < 4.78 is 13.6. The summed E-state index contributed by atoms with van der Waals surface area (Å²) in [5.41, 5.74) is 0.378. The molecule has 1 amide bonds. The van der Waals surface area contributed by atoms with Crippen LogP contribution in [-0.4, -0.2) is 26.8 Å². The van der Waals surface area contributed by atoms with Crippen LogP contribution < -0.4 is 5.32 Å². The van der Waals surface area contributed by atoms with Gasteiger partial charge < -0.3 is 5.32 Å². The van der Waals surface area contributed by atoms with Gasteiger partial charge in [-0.25, -0.2) is 9.37 Å². The van der Waals surface area contributed by atoms with Crippen molar-refractivity contribution in [1.29, 1.82) is 0 Å². The fraction of sp³-hybridized carbons (Fsp3) is 0.550. The van der Waals surface area contributed by atoms with Gasteiger partial charge in [-0.15, -0.1) is 5.10 Å². The molecule has 1 aromatic heterocycles. The zero-order chi connectivity index (χ0) is 18.4. The average molecular weight is 386 g/mol. The molecule has 27 heavy (non-hydrogen) atoms. The largest absolute Gasteiger partial charge is 0.323 e. The van der Waals surface area contributed by atoms with E-state index in [0.29, 0.717) is 5.16 Å². The Hall–Kier alpha value is -1.89. The second kappa shape index (κ2) is 6.62. The standard InChI is InChI=1S/C20H23FN4OS/c21-15-3-1-2-4-16(15)22-17(26)11-27-19-23-18(24-25-19)20-8-12-5-13(9-20)7-14(6-12)10-20/h1-4,12-14H,5-11H2,(H,22,26)(H,23,24,25). The molecule has 4 bridgehead atoms. The van der Waals surface area contributed by atoms with E-state index < -0.39 is 5.82 Å². The van der Waals surface area contributed by atoms with Gasteiger partial charge >= 0.3 is 0 Å². The van der Waals surface area contributed by atoms with Crippen LogP contribution >= 0.6 is 11.8 Å². The number of benzene rings is 1. The first-order valence-electron chi connectivity index (χ1n) is 9.70. The lowest BCUT2D eigenvalue weighted by molar-refractivity contribution is -0.113. The third-order valence-electron chi connectivity index (χ3n) is 6.49. The van der Waals surface area contributed by atoms with Crippen molar-refractivity contribution >= 4 is 23.4 Å². The van der Waals surface area contributed by atoms with Crippen molar-refractivity contribution in [3.63, 3.8) is 0 Å². The van der Waals surface area contributed by atoms with Gasteiger partial charge in [-0.05, 0) is 68.4 Å². The van der Waals surface area contributed by atoms with Crippen LogP contribution in [0.15, 0.2) is 29.4 Å². The summed E-state index contributed by atoms with van der Waals surface area (Å²) in [7, 11) is 0. The minimum Gasteiger partial charge on any atom is -0.323 e. The maximum absolute atomic E-state index is 13.6. The molecule has 0 radical (unpaired) electrons. The molecule has 0 unspecified atom stereocenters. The molecule has 2 aromatic rings. The fourth-order valence-electron chi connectivity index (χ4n) is 5.83. The molecule has 142 valence electrons. The molecule has 2 N–H and O–H groups in total. The van der Waals surface area contributed by atoms with Crippen LogP contribution in [-0.2, 0) is 10.2 Å². The molecule has 4 aliphatic rings. The molecule has 6 rings (SSSR count). The van der Waals surface area contributed by atoms with Crippen LogP contribution in [0.25, 0.3) is 0 Å². The van der Waals surface area contributed by atoms with Gasteiger partial charge in [-0.3, -0.25) is 9.89 Å². The monoisotopic (exact) mass is 386 g/mol. The summed E-state index contributed by atoms with van der Waals surface area (Å²) in [6.07, 6.45) is 7.87. The number of nitrogens with zero attached hydrogens (tertiary/aromatic N) is 2. The van der Waals surface area contributed by atoms with E-state index in [9.17, 15) is 9.18 Å². The fourth-order valence-corrected chi connectivity index (χ4v) is 6.43. The predicted molar refractivity (Wildman–Crippen MR) is 102 cm³/mol. The van der Waals surface area contributed by atoms with Crippen molar-refractivity contribution in [2.24, 2.45) is 17.8 Å². The molecule has 4 aliphatic carbocycles. The molecule has 4 fully saturated rings. The van der Waals surface area contributed by atoms with E-state index in [1.807, 2.05) is 0 Å². The normalized spacial score (nSPS) is 31.2. The molecule has 7 heteroatoms. The number of thioether (sulfide) groups is 1. The Kier molecular flexibility index (Phi) is 4.22. The molecule has 0 aliphatic heterocycles. The van der Waals surface area contributed by atoms with Crippen molar-refractivity contribution in [1.82, 2.24) is 15.2 Å². The number of hydrogen-bond donors (Lipinski definition) is 2. The Bertz CT molecular complexity index is 832. The van der Waals surface area contributed by atoms with Crippen molar-refractivity contribution in [2.75, 3.05) is 11.1 Å². The van der Waals surface area contributed by atoms with Gasteiger partial charge in [0.2, 0.25) is 11.1 Å². The minimum atomic E-state index is -0.433. The maximum atomic E-state index is 13.6. The molecular weight excluding hydrogens is 363 g/mol. The van der Waals surface area contributed by atoms with Gasteiger partial charge in [0.1, 0.15) is 11.6 Å². The Morgan fingerprint density at radius 1 is 1.19 bits per heavy atom. The zero-order valence-electron chi connectivity index (χ0n) is 15.1. The van der Waals surface area contributed by atoms with Crippen LogP contribution in [0, 0.1) is 23.6 Å². The number of para-hydroxylation sites is 1. The number of halogens is 1. The molecule has 1 heterocycles. The lowest BCUT2D eigenvalue weighted by atomic mass is 9.49. The zero-order valence-corrected chi connectivity index (χ0v) is 15.9. The molecule has 1 aromatic carbocycles. The Morgan fingerprint density at radius 3 is 2.52 bits per heavy atom. The van der Waals surface area contributed by atoms with Gasteiger partial charge in [0.15, 0.2) is 0 Å². The highest BCUT2D eigenvalue weighted by Crippen LogP contribution is 2.60. The summed E-state index contributed by atoms with van der Waals surface area (Å²) in [6.45, 7) is 0. The molecule has 4 saturated carbocycles. The van der Waals surface area contributed by atoms with Gasteiger partial charge in [-0.1, -0.05) is 23.9 Å². The molecule has 0 spiro atoms. The first kappa shape index (κ1) is 17.2. The van der Waals surface area contributed by atoms with Crippen molar-refractivity contribution in [3.8, 4) is 0 Å². The topological polar surface area (TPSA) is 70.7 Å². The second-order valence-corrected chi connectivity index (χ2v) is 9.42. The Labute approximate surface area is 161 Å². The van der Waals surface area contributed by atoms with Crippen LogP contribution in [0.2, 0.25) is 0 Å². The molecule has 0 atom stereocenters. The van der Waals surface area contributed by atoms with Gasteiger partial charge in [0.25, 0.3) is 0 Å². The smallest absolute Gasteiger partial charge is 0.234 e. The third kappa shape index (κ3) is 3.26. The third-order valence-corrected chi connectivity index (χ3v) is 7.33. The first-order chi connectivity index (χ1) is 13.1. The highest BCUT2D eigenvalue weighted by atomic mass is 32.2. The van der Waals surface area contributed by atoms with Gasteiger partial charge in [-0.2, -0.15) is 0 Å². The number of amides is 1. The number of H-pyrrole nitrogens is 1. The van der Waals surface area contributed by atoms with Crippen molar-refractivity contribution < 1.29 is 9.18 Å². The van der Waals surface area contributed by atoms with Crippen molar-refractivity contribution in [3.05, 3.63) is 35.9 Å². The van der Waals surface area contributed by atoms with E-state index in [0.717, 1.165) is 23.6 Å². The molecule has 5 nitrogen and oxygen atoms in total. The highest BCUT2D eigenvalue weighted by molar-refractivity contribution is 7.99. The average Bonchev–Trinajstić information content (AvgIpc) is 3.11. The first-order valence-corrected chi connectivity index (χ1v) is 10.7. The Balaban J connectivity index is 1.23. The number of carbonyl (C=O) groups excluding carboxylic acids is 1. The van der Waals surface area contributed by atoms with E-state index in [4.69, 9.17) is 4.98 Å². The van der Waals surface area contributed by atoms with Crippen LogP contribution in [0.3, 0.4) is 0 Å². The predicted octanol–water partition coefficient (Wildman–Crippen LogP) is 4.14. The number of carbonyl (C=O) groups is 1.